The first kappa shape index (κ1) is 8.94. The van der Waals surface area contributed by atoms with Crippen molar-refractivity contribution in [2.24, 2.45) is 0 Å². The number of pyridine rings is 1. The topological polar surface area (TPSA) is 33.1 Å². The maximum atomic E-state index is 9.68. The largest absolute Gasteiger partial charge is 0.384 e. The molecule has 0 aliphatic rings. The fraction of sp³-hybridized carbons (Fsp3) is 0.300. The molecule has 2 nitrogen and oxygen atoms in total. The van der Waals surface area contributed by atoms with Crippen molar-refractivity contribution in [3.63, 3.8) is 0 Å². The Hall–Kier alpha value is -1.15. The Labute approximate surface area is 72.6 Å². The Balaban J connectivity index is 2.86. The molecule has 0 amide bonds. The molecule has 0 aromatic carbocycles. The van der Waals surface area contributed by atoms with Gasteiger partial charge in [-0.1, -0.05) is 12.1 Å². The molecule has 1 aromatic heterocycles. The lowest BCUT2D eigenvalue weighted by molar-refractivity contribution is 0.215. The highest BCUT2D eigenvalue weighted by atomic mass is 16.3. The lowest BCUT2D eigenvalue weighted by Crippen LogP contribution is -1.98. The number of hydrogen-bond acceptors (Lipinski definition) is 2. The van der Waals surface area contributed by atoms with E-state index >= 15 is 0 Å². The molecular formula is C10H13NO. The van der Waals surface area contributed by atoms with Crippen molar-refractivity contribution in [3.8, 4) is 0 Å². The molecule has 0 saturated heterocycles. The maximum Gasteiger partial charge on any atom is 0.101 e. The van der Waals surface area contributed by atoms with E-state index in [1.807, 2.05) is 32.1 Å². The van der Waals surface area contributed by atoms with Crippen LogP contribution in [0.1, 0.15) is 25.5 Å². The van der Waals surface area contributed by atoms with Crippen LogP contribution in [0.5, 0.6) is 0 Å². The fourth-order valence-corrected chi connectivity index (χ4v) is 0.958. The molecule has 12 heavy (non-hydrogen) atoms. The van der Waals surface area contributed by atoms with Crippen molar-refractivity contribution in [2.45, 2.75) is 20.0 Å². The van der Waals surface area contributed by atoms with Crippen molar-refractivity contribution in [3.05, 3.63) is 41.7 Å². The Kier molecular flexibility index (Phi) is 3.00. The van der Waals surface area contributed by atoms with Crippen molar-refractivity contribution in [2.75, 3.05) is 0 Å². The summed E-state index contributed by atoms with van der Waals surface area (Å²) in [6.45, 7) is 3.81. The second-order valence-corrected chi connectivity index (χ2v) is 2.72. The molecule has 0 aliphatic heterocycles. The molecule has 1 aromatic rings. The van der Waals surface area contributed by atoms with Crippen molar-refractivity contribution < 1.29 is 5.11 Å². The van der Waals surface area contributed by atoms with Gasteiger partial charge in [0.1, 0.15) is 6.10 Å². The van der Waals surface area contributed by atoms with Gasteiger partial charge in [0.15, 0.2) is 0 Å². The minimum Gasteiger partial charge on any atom is -0.384 e. The van der Waals surface area contributed by atoms with E-state index in [0.717, 1.165) is 11.1 Å². The van der Waals surface area contributed by atoms with Crippen LogP contribution in [0, 0.1) is 0 Å². The summed E-state index contributed by atoms with van der Waals surface area (Å²) in [5, 5.41) is 9.68. The molecule has 0 spiro atoms. The lowest BCUT2D eigenvalue weighted by atomic mass is 10.1. The highest BCUT2D eigenvalue weighted by Crippen LogP contribution is 2.19. The maximum absolute atomic E-state index is 9.68. The van der Waals surface area contributed by atoms with E-state index in [2.05, 4.69) is 4.98 Å². The molecule has 2 heteroatoms. The van der Waals surface area contributed by atoms with Crippen molar-refractivity contribution in [1.29, 1.82) is 0 Å². The number of aliphatic hydroxyl groups is 1. The third kappa shape index (κ3) is 1.92. The molecule has 1 unspecified atom stereocenters. The minimum atomic E-state index is -0.510. The smallest absolute Gasteiger partial charge is 0.101 e. The second-order valence-electron chi connectivity index (χ2n) is 2.72. The van der Waals surface area contributed by atoms with E-state index in [1.54, 1.807) is 12.4 Å². The molecule has 1 atom stereocenters. The monoisotopic (exact) mass is 163 g/mol. The Morgan fingerprint density at radius 1 is 1.67 bits per heavy atom. The number of hydrogen-bond donors (Lipinski definition) is 1. The number of aliphatic hydroxyl groups excluding tert-OH is 1. The average Bonchev–Trinajstić information content (AvgIpc) is 2.17. The molecule has 1 heterocycles. The Morgan fingerprint density at radius 2 is 2.42 bits per heavy atom. The zero-order chi connectivity index (χ0) is 8.97. The zero-order valence-corrected chi connectivity index (χ0v) is 7.36. The molecule has 0 saturated carbocycles. The van der Waals surface area contributed by atoms with Crippen LogP contribution in [0.3, 0.4) is 0 Å². The average molecular weight is 163 g/mol. The third-order valence-electron chi connectivity index (χ3n) is 1.89. The SMILES string of the molecule is C/C=C(/C)C(O)c1cccnc1. The lowest BCUT2D eigenvalue weighted by Gasteiger charge is -2.09. The first-order valence-electron chi connectivity index (χ1n) is 3.96. The van der Waals surface area contributed by atoms with Crippen LogP contribution in [0.15, 0.2) is 36.2 Å². The zero-order valence-electron chi connectivity index (χ0n) is 7.36. The van der Waals surface area contributed by atoms with Gasteiger partial charge in [0, 0.05) is 18.0 Å². The summed E-state index contributed by atoms with van der Waals surface area (Å²) in [6.07, 6.45) is 4.76. The summed E-state index contributed by atoms with van der Waals surface area (Å²) in [5.41, 5.74) is 1.79. The summed E-state index contributed by atoms with van der Waals surface area (Å²) in [4.78, 5) is 3.94. The van der Waals surface area contributed by atoms with E-state index in [9.17, 15) is 5.11 Å². The Bertz CT molecular complexity index is 266. The van der Waals surface area contributed by atoms with Crippen LogP contribution in [0.4, 0.5) is 0 Å². The van der Waals surface area contributed by atoms with Crippen LogP contribution in [0.2, 0.25) is 0 Å². The molecule has 0 radical (unpaired) electrons. The minimum absolute atomic E-state index is 0.510. The van der Waals surface area contributed by atoms with Crippen LogP contribution in [-0.4, -0.2) is 10.1 Å². The molecule has 1 rings (SSSR count). The van der Waals surface area contributed by atoms with Crippen LogP contribution < -0.4 is 0 Å². The van der Waals surface area contributed by atoms with Gasteiger partial charge in [-0.05, 0) is 25.5 Å². The highest BCUT2D eigenvalue weighted by molar-refractivity contribution is 5.21. The molecule has 1 N–H and O–H groups in total. The van der Waals surface area contributed by atoms with Gasteiger partial charge in [-0.15, -0.1) is 0 Å². The van der Waals surface area contributed by atoms with E-state index in [4.69, 9.17) is 0 Å². The van der Waals surface area contributed by atoms with Gasteiger partial charge in [0.25, 0.3) is 0 Å². The summed E-state index contributed by atoms with van der Waals surface area (Å²) in [7, 11) is 0. The van der Waals surface area contributed by atoms with Gasteiger partial charge < -0.3 is 5.11 Å². The van der Waals surface area contributed by atoms with E-state index in [0.29, 0.717) is 0 Å². The summed E-state index contributed by atoms with van der Waals surface area (Å²) in [6, 6.07) is 3.69. The molecule has 64 valence electrons. The van der Waals surface area contributed by atoms with E-state index in [1.165, 1.54) is 0 Å². The van der Waals surface area contributed by atoms with Gasteiger partial charge in [0.2, 0.25) is 0 Å². The Morgan fingerprint density at radius 3 is 2.92 bits per heavy atom. The van der Waals surface area contributed by atoms with Crippen LogP contribution >= 0.6 is 0 Å². The number of nitrogens with zero attached hydrogens (tertiary/aromatic N) is 1. The van der Waals surface area contributed by atoms with Crippen molar-refractivity contribution in [1.82, 2.24) is 4.98 Å². The predicted molar refractivity (Wildman–Crippen MR) is 48.6 cm³/mol. The first-order chi connectivity index (χ1) is 5.75. The number of rotatable bonds is 2. The summed E-state index contributed by atoms with van der Waals surface area (Å²) >= 11 is 0. The molecule has 0 aliphatic carbocycles. The van der Waals surface area contributed by atoms with Crippen LogP contribution in [-0.2, 0) is 0 Å². The first-order valence-corrected chi connectivity index (χ1v) is 3.96. The molecular weight excluding hydrogens is 150 g/mol. The van der Waals surface area contributed by atoms with Crippen LogP contribution in [0.25, 0.3) is 0 Å². The fourth-order valence-electron chi connectivity index (χ4n) is 0.958. The van der Waals surface area contributed by atoms with Gasteiger partial charge >= 0.3 is 0 Å². The number of aromatic nitrogens is 1. The van der Waals surface area contributed by atoms with Gasteiger partial charge in [-0.25, -0.2) is 0 Å². The van der Waals surface area contributed by atoms with Gasteiger partial charge in [0.05, 0.1) is 0 Å². The molecule has 0 fully saturated rings. The molecule has 0 bridgehead atoms. The third-order valence-corrected chi connectivity index (χ3v) is 1.89. The highest BCUT2D eigenvalue weighted by Gasteiger charge is 2.07. The second kappa shape index (κ2) is 4.02. The van der Waals surface area contributed by atoms with Gasteiger partial charge in [-0.2, -0.15) is 0 Å². The quantitative estimate of drug-likeness (QED) is 0.677. The summed E-state index contributed by atoms with van der Waals surface area (Å²) in [5.74, 6) is 0. The van der Waals surface area contributed by atoms with E-state index in [-0.39, 0.29) is 0 Å². The van der Waals surface area contributed by atoms with Crippen molar-refractivity contribution >= 4 is 0 Å². The summed E-state index contributed by atoms with van der Waals surface area (Å²) < 4.78 is 0. The van der Waals surface area contributed by atoms with E-state index < -0.39 is 6.10 Å². The normalized spacial score (nSPS) is 14.4. The van der Waals surface area contributed by atoms with Gasteiger partial charge in [-0.3, -0.25) is 4.98 Å². The predicted octanol–water partition coefficient (Wildman–Crippen LogP) is 2.08. The number of allylic oxidation sites excluding steroid dienone is 1. The standard InChI is InChI=1S/C10H13NO/c1-3-8(2)10(12)9-5-4-6-11-7-9/h3-7,10,12H,1-2H3/b8-3-.